The molecule has 0 aliphatic carbocycles. The first-order chi connectivity index (χ1) is 10.5. The number of benzene rings is 1. The topological polar surface area (TPSA) is 88.1 Å². The van der Waals surface area contributed by atoms with Crippen molar-refractivity contribution >= 4 is 11.6 Å². The molecule has 2 fully saturated rings. The zero-order chi connectivity index (χ0) is 15.7. The Labute approximate surface area is 127 Å². The monoisotopic (exact) mass is 310 g/mol. The summed E-state index contributed by atoms with van der Waals surface area (Å²) in [5, 5.41) is 20.8. The smallest absolute Gasteiger partial charge is 0.256 e. The number of hydrazine groups is 2. The van der Waals surface area contributed by atoms with Gasteiger partial charge in [0.1, 0.15) is 18.0 Å². The molecule has 1 amide bonds. The van der Waals surface area contributed by atoms with Gasteiger partial charge in [-0.25, -0.2) is 4.39 Å². The summed E-state index contributed by atoms with van der Waals surface area (Å²) in [6, 6.07) is 2.87. The van der Waals surface area contributed by atoms with Crippen molar-refractivity contribution in [2.45, 2.75) is 25.5 Å². The Morgan fingerprint density at radius 2 is 2.05 bits per heavy atom. The molecular weight excluding hydrogens is 291 g/mol. The second-order valence-corrected chi connectivity index (χ2v) is 5.70. The van der Waals surface area contributed by atoms with Crippen molar-refractivity contribution in [3.63, 3.8) is 0 Å². The van der Waals surface area contributed by atoms with Gasteiger partial charge >= 0.3 is 0 Å². The number of amides is 1. The molecule has 2 saturated heterocycles. The Kier molecular flexibility index (Phi) is 4.14. The van der Waals surface area contributed by atoms with Gasteiger partial charge in [0.2, 0.25) is 0 Å². The summed E-state index contributed by atoms with van der Waals surface area (Å²) in [7, 11) is 0. The maximum atomic E-state index is 14.3. The summed E-state index contributed by atoms with van der Waals surface area (Å²) in [5.74, 6) is -1.10. The van der Waals surface area contributed by atoms with E-state index in [1.165, 1.54) is 17.1 Å². The van der Waals surface area contributed by atoms with Crippen LogP contribution in [0.1, 0.15) is 18.4 Å². The highest BCUT2D eigenvalue weighted by atomic mass is 19.1. The Morgan fingerprint density at radius 1 is 1.32 bits per heavy atom. The normalized spacial score (nSPS) is 20.5. The van der Waals surface area contributed by atoms with Gasteiger partial charge in [0.25, 0.3) is 5.91 Å². The third-order valence-electron chi connectivity index (χ3n) is 3.97. The molecule has 22 heavy (non-hydrogen) atoms. The van der Waals surface area contributed by atoms with Crippen molar-refractivity contribution in [2.75, 3.05) is 24.6 Å². The maximum Gasteiger partial charge on any atom is 0.256 e. The van der Waals surface area contributed by atoms with Gasteiger partial charge in [-0.05, 0) is 30.5 Å². The molecule has 0 atom stereocenters. The Hall–Kier alpha value is -1.90. The van der Waals surface area contributed by atoms with Gasteiger partial charge in [-0.3, -0.25) is 20.1 Å². The molecule has 1 aromatic carbocycles. The molecule has 2 aliphatic rings. The lowest BCUT2D eigenvalue weighted by atomic mass is 10.1. The van der Waals surface area contributed by atoms with Gasteiger partial charge in [0, 0.05) is 19.6 Å². The number of aliphatic hydroxyl groups is 1. The molecule has 0 unspecified atom stereocenters. The van der Waals surface area contributed by atoms with Crippen LogP contribution in [-0.2, 0) is 11.3 Å². The molecule has 120 valence electrons. The highest BCUT2D eigenvalue weighted by Crippen LogP contribution is 2.32. The molecule has 0 saturated carbocycles. The summed E-state index contributed by atoms with van der Waals surface area (Å²) in [4.78, 5) is 13.3. The second kappa shape index (κ2) is 6.07. The lowest BCUT2D eigenvalue weighted by Gasteiger charge is -2.29. The first-order valence-electron chi connectivity index (χ1n) is 7.27. The van der Waals surface area contributed by atoms with Gasteiger partial charge in [-0.2, -0.15) is 0 Å². The van der Waals surface area contributed by atoms with Crippen LogP contribution in [0.2, 0.25) is 0 Å². The Morgan fingerprint density at radius 3 is 2.64 bits per heavy atom. The molecule has 2 aliphatic heterocycles. The lowest BCUT2D eigenvalue weighted by molar-refractivity contribution is -0.118. The van der Waals surface area contributed by atoms with Crippen LogP contribution in [-0.4, -0.2) is 46.8 Å². The molecule has 0 spiro atoms. The molecular formula is C14H19FN4O3. The van der Waals surface area contributed by atoms with Crippen LogP contribution in [0.15, 0.2) is 12.1 Å². The van der Waals surface area contributed by atoms with Crippen molar-refractivity contribution in [1.82, 2.24) is 15.9 Å². The van der Waals surface area contributed by atoms with E-state index in [9.17, 15) is 19.4 Å². The van der Waals surface area contributed by atoms with Crippen LogP contribution in [0.4, 0.5) is 10.1 Å². The number of halogens is 1. The number of likely N-dealkylation sites (tertiary alicyclic amines) is 1. The Balaban J connectivity index is 1.73. The molecule has 8 heteroatoms. The first-order valence-corrected chi connectivity index (χ1v) is 7.27. The first kappa shape index (κ1) is 15.0. The molecule has 1 aromatic rings. The number of nitrogens with zero attached hydrogens (tertiary/aromatic N) is 2. The van der Waals surface area contributed by atoms with Crippen LogP contribution in [0.5, 0.6) is 5.75 Å². The van der Waals surface area contributed by atoms with Crippen molar-refractivity contribution in [1.29, 1.82) is 0 Å². The fourth-order valence-electron chi connectivity index (χ4n) is 2.82. The summed E-state index contributed by atoms with van der Waals surface area (Å²) in [6.07, 6.45) is 1.16. The molecule has 2 heterocycles. The zero-order valence-electron chi connectivity index (χ0n) is 12.0. The van der Waals surface area contributed by atoms with Crippen LogP contribution in [0.3, 0.4) is 0 Å². The number of carbonyl (C=O) groups excluding carboxylic acids is 1. The summed E-state index contributed by atoms with van der Waals surface area (Å²) in [5.41, 5.74) is 5.46. The average molecular weight is 310 g/mol. The third kappa shape index (κ3) is 3.13. The highest BCUT2D eigenvalue weighted by Gasteiger charge is 2.25. The molecule has 7 nitrogen and oxygen atoms in total. The SMILES string of the molecule is O=C1CN(c2c(O)cc(CN3CCC(O)CC3)cc2F)NN1. The van der Waals surface area contributed by atoms with E-state index in [0.29, 0.717) is 24.9 Å². The standard InChI is InChI=1S/C14H19FN4O3/c15-11-5-9(7-18-3-1-10(20)2-4-18)6-12(21)14(11)19-8-13(22)16-17-19/h5-6,10,17,20-21H,1-4,7-8H2,(H,16,22). The predicted molar refractivity (Wildman–Crippen MR) is 77.2 cm³/mol. The fraction of sp³-hybridized carbons (Fsp3) is 0.500. The minimum absolute atomic E-state index is 0.0452. The largest absolute Gasteiger partial charge is 0.506 e. The Bertz CT molecular complexity index is 552. The minimum atomic E-state index is -0.587. The van der Waals surface area contributed by atoms with Crippen molar-refractivity contribution in [3.05, 3.63) is 23.5 Å². The van der Waals surface area contributed by atoms with E-state index in [0.717, 1.165) is 13.1 Å². The average Bonchev–Trinajstić information content (AvgIpc) is 2.87. The number of carbonyl (C=O) groups is 1. The van der Waals surface area contributed by atoms with Crippen molar-refractivity contribution < 1.29 is 19.4 Å². The number of rotatable bonds is 3. The van der Waals surface area contributed by atoms with Gasteiger partial charge in [-0.1, -0.05) is 0 Å². The number of piperidine rings is 1. The van der Waals surface area contributed by atoms with E-state index in [2.05, 4.69) is 15.9 Å². The third-order valence-corrected chi connectivity index (χ3v) is 3.97. The quantitative estimate of drug-likeness (QED) is 0.621. The number of anilines is 1. The minimum Gasteiger partial charge on any atom is -0.506 e. The summed E-state index contributed by atoms with van der Waals surface area (Å²) in [6.45, 7) is 1.95. The van der Waals surface area contributed by atoms with Crippen LogP contribution < -0.4 is 16.0 Å². The van der Waals surface area contributed by atoms with E-state index in [1.54, 1.807) is 0 Å². The molecule has 0 radical (unpaired) electrons. The number of nitrogens with one attached hydrogen (secondary N) is 2. The summed E-state index contributed by atoms with van der Waals surface area (Å²) >= 11 is 0. The zero-order valence-corrected chi connectivity index (χ0v) is 12.0. The number of phenols is 1. The number of hydrogen-bond acceptors (Lipinski definition) is 6. The number of aromatic hydroxyl groups is 1. The number of hydrogen-bond donors (Lipinski definition) is 4. The molecule has 0 aromatic heterocycles. The maximum absolute atomic E-state index is 14.3. The van der Waals surface area contributed by atoms with Crippen molar-refractivity contribution in [2.24, 2.45) is 0 Å². The van der Waals surface area contributed by atoms with Crippen LogP contribution in [0, 0.1) is 5.82 Å². The van der Waals surface area contributed by atoms with E-state index in [4.69, 9.17) is 0 Å². The summed E-state index contributed by atoms with van der Waals surface area (Å²) < 4.78 is 14.3. The fourth-order valence-corrected chi connectivity index (χ4v) is 2.82. The number of phenolic OH excluding ortho intramolecular Hbond substituents is 1. The van der Waals surface area contributed by atoms with Gasteiger partial charge < -0.3 is 10.2 Å². The van der Waals surface area contributed by atoms with E-state index >= 15 is 0 Å². The molecule has 4 N–H and O–H groups in total. The lowest BCUT2D eigenvalue weighted by Crippen LogP contribution is -2.37. The predicted octanol–water partition coefficient (Wildman–Crippen LogP) is -0.156. The molecule has 0 bridgehead atoms. The van der Waals surface area contributed by atoms with Gasteiger partial charge in [0.05, 0.1) is 6.10 Å². The van der Waals surface area contributed by atoms with Crippen molar-refractivity contribution in [3.8, 4) is 5.75 Å². The van der Waals surface area contributed by atoms with Crippen LogP contribution >= 0.6 is 0 Å². The number of aliphatic hydroxyl groups excluding tert-OH is 1. The van der Waals surface area contributed by atoms with Gasteiger partial charge in [-0.15, -0.1) is 5.53 Å². The van der Waals surface area contributed by atoms with E-state index in [-0.39, 0.29) is 30.0 Å². The van der Waals surface area contributed by atoms with E-state index < -0.39 is 5.82 Å². The second-order valence-electron chi connectivity index (χ2n) is 5.70. The highest BCUT2D eigenvalue weighted by molar-refractivity contribution is 5.84. The molecule has 3 rings (SSSR count). The van der Waals surface area contributed by atoms with Gasteiger partial charge in [0.15, 0.2) is 5.82 Å². The van der Waals surface area contributed by atoms with E-state index in [1.807, 2.05) is 0 Å². The van der Waals surface area contributed by atoms with Crippen LogP contribution in [0.25, 0.3) is 0 Å².